The van der Waals surface area contributed by atoms with E-state index in [0.29, 0.717) is 5.92 Å². The summed E-state index contributed by atoms with van der Waals surface area (Å²) < 4.78 is 33.5. The van der Waals surface area contributed by atoms with Crippen LogP contribution in [0.4, 0.5) is 0 Å². The Balaban J connectivity index is 1.42. The summed E-state index contributed by atoms with van der Waals surface area (Å²) in [4.78, 5) is 22.2. The highest BCUT2D eigenvalue weighted by molar-refractivity contribution is 7.97. The standard InChI is InChI=1S/C16H20O7S/c1-3-13(17)22-9-14(18)20-5-6-21-15-10-7-11-12(8-10)24(19,4-2)23-16(11)15/h3,10-12,15-16H,1-2,5-9H2. The van der Waals surface area contributed by atoms with Crippen LogP contribution >= 0.6 is 0 Å². The number of rotatable bonds is 7. The lowest BCUT2D eigenvalue weighted by molar-refractivity contribution is -0.158. The average Bonchev–Trinajstić information content (AvgIpc) is 3.20. The van der Waals surface area contributed by atoms with Gasteiger partial charge in [0.1, 0.15) is 22.5 Å². The number of carbonyl (C=O) groups excluding carboxylic acids is 2. The summed E-state index contributed by atoms with van der Waals surface area (Å²) in [7, 11) is -2.55. The normalized spacial score (nSPS) is 38.6. The van der Waals surface area contributed by atoms with Gasteiger partial charge in [-0.1, -0.05) is 6.58 Å². The second-order valence-electron chi connectivity index (χ2n) is 6.05. The van der Waals surface area contributed by atoms with Gasteiger partial charge in [0.25, 0.3) is 0 Å². The topological polar surface area (TPSA) is 88.1 Å². The van der Waals surface area contributed by atoms with Gasteiger partial charge < -0.3 is 14.2 Å². The minimum atomic E-state index is -2.55. The van der Waals surface area contributed by atoms with Crippen LogP contribution in [-0.4, -0.2) is 58.4 Å². The fourth-order valence-corrected chi connectivity index (χ4v) is 6.09. The van der Waals surface area contributed by atoms with E-state index in [2.05, 4.69) is 22.9 Å². The molecular formula is C16H20O7S. The first kappa shape index (κ1) is 17.2. The summed E-state index contributed by atoms with van der Waals surface area (Å²) in [5.41, 5.74) is 0. The third kappa shape index (κ3) is 3.02. The highest BCUT2D eigenvalue weighted by Crippen LogP contribution is 2.55. The zero-order chi connectivity index (χ0) is 17.3. The summed E-state index contributed by atoms with van der Waals surface area (Å²) in [6.07, 6.45) is 2.37. The molecule has 2 bridgehead atoms. The molecule has 0 N–H and O–H groups in total. The SMILES string of the molecule is C=C=S1(=O)OC2C3CC(CC31)C2OCCOC(=O)COC(=O)C=C. The van der Waals surface area contributed by atoms with Crippen LogP contribution in [0.1, 0.15) is 12.8 Å². The minimum absolute atomic E-state index is 0.0159. The molecule has 0 aromatic heterocycles. The van der Waals surface area contributed by atoms with E-state index < -0.39 is 28.3 Å². The van der Waals surface area contributed by atoms with Crippen LogP contribution in [-0.2, 0) is 37.8 Å². The Hall–Kier alpha value is -1.60. The first-order valence-corrected chi connectivity index (χ1v) is 9.34. The maximum absolute atomic E-state index is 12.6. The molecule has 2 aliphatic carbocycles. The predicted molar refractivity (Wildman–Crippen MR) is 85.5 cm³/mol. The van der Waals surface area contributed by atoms with Crippen molar-refractivity contribution in [3.8, 4) is 0 Å². The van der Waals surface area contributed by atoms with Crippen molar-refractivity contribution in [2.24, 2.45) is 11.8 Å². The third-order valence-electron chi connectivity index (χ3n) is 4.81. The summed E-state index contributed by atoms with van der Waals surface area (Å²) in [5, 5.41) is 2.60. The third-order valence-corrected chi connectivity index (χ3v) is 7.06. The van der Waals surface area contributed by atoms with Gasteiger partial charge in [0.15, 0.2) is 6.61 Å². The second-order valence-corrected chi connectivity index (χ2v) is 8.23. The molecule has 6 unspecified atom stereocenters. The Morgan fingerprint density at radius 1 is 1.29 bits per heavy atom. The van der Waals surface area contributed by atoms with Gasteiger partial charge in [-0.2, -0.15) is 0 Å². The fourth-order valence-electron chi connectivity index (χ4n) is 3.86. The van der Waals surface area contributed by atoms with E-state index in [1.165, 1.54) is 0 Å². The maximum atomic E-state index is 12.6. The van der Waals surface area contributed by atoms with E-state index in [1.807, 2.05) is 0 Å². The molecule has 0 spiro atoms. The molecule has 2 saturated carbocycles. The molecule has 0 radical (unpaired) electrons. The van der Waals surface area contributed by atoms with Crippen LogP contribution in [0.3, 0.4) is 0 Å². The Morgan fingerprint density at radius 3 is 2.79 bits per heavy atom. The van der Waals surface area contributed by atoms with Crippen molar-refractivity contribution in [2.45, 2.75) is 30.3 Å². The van der Waals surface area contributed by atoms with Crippen molar-refractivity contribution in [1.82, 2.24) is 0 Å². The van der Waals surface area contributed by atoms with E-state index in [9.17, 15) is 13.8 Å². The van der Waals surface area contributed by atoms with Gasteiger partial charge in [-0.25, -0.2) is 13.8 Å². The minimum Gasteiger partial charge on any atom is -0.461 e. The smallest absolute Gasteiger partial charge is 0.344 e. The lowest BCUT2D eigenvalue weighted by atomic mass is 9.94. The summed E-state index contributed by atoms with van der Waals surface area (Å²) >= 11 is 0. The molecule has 0 aromatic rings. The number of fused-ring (bicyclic) bond motifs is 1. The van der Waals surface area contributed by atoms with Gasteiger partial charge in [0.2, 0.25) is 0 Å². The number of hydrogen-bond acceptors (Lipinski definition) is 7. The number of hydrogen-bond donors (Lipinski definition) is 0. The Bertz CT molecular complexity index is 687. The first-order valence-electron chi connectivity index (χ1n) is 7.80. The van der Waals surface area contributed by atoms with Crippen molar-refractivity contribution in [3.05, 3.63) is 19.2 Å². The summed E-state index contributed by atoms with van der Waals surface area (Å²) in [6.45, 7) is 6.55. The van der Waals surface area contributed by atoms with E-state index in [4.69, 9.17) is 13.7 Å². The van der Waals surface area contributed by atoms with Crippen molar-refractivity contribution >= 4 is 26.8 Å². The Morgan fingerprint density at radius 2 is 2.08 bits per heavy atom. The van der Waals surface area contributed by atoms with Crippen LogP contribution in [0.5, 0.6) is 0 Å². The monoisotopic (exact) mass is 356 g/mol. The lowest BCUT2D eigenvalue weighted by Crippen LogP contribution is -2.36. The number of esters is 2. The van der Waals surface area contributed by atoms with Crippen LogP contribution < -0.4 is 0 Å². The maximum Gasteiger partial charge on any atom is 0.344 e. The molecule has 0 amide bonds. The Kier molecular flexibility index (Phi) is 4.83. The average molecular weight is 356 g/mol. The largest absolute Gasteiger partial charge is 0.461 e. The van der Waals surface area contributed by atoms with E-state index in [0.717, 1.165) is 18.9 Å². The molecule has 3 rings (SSSR count). The molecule has 0 aromatic carbocycles. The van der Waals surface area contributed by atoms with Gasteiger partial charge in [-0.3, -0.25) is 4.18 Å². The van der Waals surface area contributed by atoms with E-state index >= 15 is 0 Å². The lowest BCUT2D eigenvalue weighted by Gasteiger charge is -2.25. The molecule has 7 nitrogen and oxygen atoms in total. The molecule has 6 atom stereocenters. The predicted octanol–water partition coefficient (Wildman–Crippen LogP) is 0.238. The van der Waals surface area contributed by atoms with Gasteiger partial charge in [0, 0.05) is 12.0 Å². The molecule has 1 saturated heterocycles. The van der Waals surface area contributed by atoms with Gasteiger partial charge in [-0.15, -0.1) is 0 Å². The Labute approximate surface area is 140 Å². The van der Waals surface area contributed by atoms with Crippen molar-refractivity contribution in [1.29, 1.82) is 0 Å². The van der Waals surface area contributed by atoms with Crippen LogP contribution in [0.15, 0.2) is 19.2 Å². The summed E-state index contributed by atoms with van der Waals surface area (Å²) in [6, 6.07) is 0. The molecule has 1 heterocycles. The molecule has 3 fully saturated rings. The molecule has 3 aliphatic rings. The highest BCUT2D eigenvalue weighted by atomic mass is 32.2. The van der Waals surface area contributed by atoms with Gasteiger partial charge in [0.05, 0.1) is 18.0 Å². The molecule has 132 valence electrons. The summed E-state index contributed by atoms with van der Waals surface area (Å²) in [5.74, 6) is -0.780. The quantitative estimate of drug-likeness (QED) is 0.279. The second kappa shape index (κ2) is 6.72. The van der Waals surface area contributed by atoms with Crippen molar-refractivity contribution in [2.75, 3.05) is 19.8 Å². The fraction of sp³-hybridized carbons (Fsp3) is 0.625. The van der Waals surface area contributed by atoms with Crippen LogP contribution in [0.2, 0.25) is 0 Å². The van der Waals surface area contributed by atoms with Gasteiger partial charge >= 0.3 is 11.9 Å². The van der Waals surface area contributed by atoms with Crippen LogP contribution in [0, 0.1) is 11.8 Å². The molecule has 8 heteroatoms. The van der Waals surface area contributed by atoms with Gasteiger partial charge in [-0.05, 0) is 30.4 Å². The molecule has 24 heavy (non-hydrogen) atoms. The first-order chi connectivity index (χ1) is 11.5. The molecule has 1 aliphatic heterocycles. The molecular weight excluding hydrogens is 336 g/mol. The van der Waals surface area contributed by atoms with Crippen molar-refractivity contribution in [3.63, 3.8) is 0 Å². The number of carbonyl (C=O) groups is 2. The van der Waals surface area contributed by atoms with Crippen molar-refractivity contribution < 1.29 is 32.2 Å². The highest BCUT2D eigenvalue weighted by Gasteiger charge is 2.62. The zero-order valence-corrected chi connectivity index (χ0v) is 14.0. The van der Waals surface area contributed by atoms with E-state index in [-0.39, 0.29) is 36.6 Å². The zero-order valence-electron chi connectivity index (χ0n) is 13.2. The number of ether oxygens (including phenoxy) is 3. The van der Waals surface area contributed by atoms with E-state index in [1.54, 1.807) is 0 Å². The van der Waals surface area contributed by atoms with Crippen LogP contribution in [0.25, 0.3) is 0 Å².